The first-order chi connectivity index (χ1) is 7.26. The average Bonchev–Trinajstić information content (AvgIpc) is 2.30. The Morgan fingerprint density at radius 1 is 1.31 bits per heavy atom. The van der Waals surface area contributed by atoms with Crippen molar-refractivity contribution in [1.82, 2.24) is 10.6 Å². The van der Waals surface area contributed by atoms with Crippen LogP contribution in [0.3, 0.4) is 0 Å². The summed E-state index contributed by atoms with van der Waals surface area (Å²) in [7, 11) is 0. The van der Waals surface area contributed by atoms with Crippen LogP contribution in [0.15, 0.2) is 24.3 Å². The zero-order valence-corrected chi connectivity index (χ0v) is 9.59. The second-order valence-electron chi connectivity index (χ2n) is 3.67. The van der Waals surface area contributed by atoms with Gasteiger partial charge in [-0.1, -0.05) is 24.3 Å². The lowest BCUT2D eigenvalue weighted by molar-refractivity contribution is -0.0117. The van der Waals surface area contributed by atoms with Crippen LogP contribution in [0.1, 0.15) is 15.9 Å². The van der Waals surface area contributed by atoms with Gasteiger partial charge in [-0.3, -0.25) is 10.1 Å². The number of nitrogens with one attached hydrogen (secondary N) is 2. The molecule has 2 rings (SSSR count). The average molecular weight is 243 g/mol. The van der Waals surface area contributed by atoms with Crippen LogP contribution in [-0.2, 0) is 5.72 Å². The minimum Gasteiger partial charge on any atom is -0.370 e. The van der Waals surface area contributed by atoms with Gasteiger partial charge in [0.1, 0.15) is 6.29 Å². The first-order valence-corrected chi connectivity index (χ1v) is 4.99. The molecule has 1 fully saturated rings. The molecule has 4 nitrogen and oxygen atoms in total. The van der Waals surface area contributed by atoms with E-state index < -0.39 is 5.72 Å². The number of rotatable bonds is 2. The molecule has 3 N–H and O–H groups in total. The first kappa shape index (κ1) is 13.1. The largest absolute Gasteiger partial charge is 0.370 e. The maximum atomic E-state index is 10.9. The molecule has 1 aromatic rings. The minimum absolute atomic E-state index is 0. The Balaban J connectivity index is 0.00000128. The number of carbonyl (C=O) groups excluding carboxylic acids is 1. The molecule has 0 bridgehead atoms. The summed E-state index contributed by atoms with van der Waals surface area (Å²) in [4.78, 5) is 10.9. The first-order valence-electron chi connectivity index (χ1n) is 4.99. The van der Waals surface area contributed by atoms with Gasteiger partial charge in [0, 0.05) is 30.8 Å². The molecule has 1 aromatic carbocycles. The number of benzene rings is 1. The summed E-state index contributed by atoms with van der Waals surface area (Å²) in [5, 5.41) is 16.4. The number of hydrogen-bond donors (Lipinski definition) is 3. The van der Waals surface area contributed by atoms with Crippen molar-refractivity contribution in [3.05, 3.63) is 35.4 Å². The van der Waals surface area contributed by atoms with Gasteiger partial charge in [-0.2, -0.15) is 0 Å². The van der Waals surface area contributed by atoms with Gasteiger partial charge in [0.25, 0.3) is 0 Å². The molecule has 0 unspecified atom stereocenters. The van der Waals surface area contributed by atoms with E-state index in [0.717, 1.165) is 12.8 Å². The fraction of sp³-hybridized carbons (Fsp3) is 0.364. The van der Waals surface area contributed by atoms with E-state index in [4.69, 9.17) is 0 Å². The highest BCUT2D eigenvalue weighted by Crippen LogP contribution is 2.21. The van der Waals surface area contributed by atoms with Crippen LogP contribution in [0.4, 0.5) is 0 Å². The van der Waals surface area contributed by atoms with E-state index in [1.807, 2.05) is 6.07 Å². The quantitative estimate of drug-likeness (QED) is 0.651. The third kappa shape index (κ3) is 2.41. The summed E-state index contributed by atoms with van der Waals surface area (Å²) < 4.78 is 0. The molecular weight excluding hydrogens is 228 g/mol. The molecule has 0 saturated carbocycles. The second-order valence-corrected chi connectivity index (χ2v) is 3.67. The van der Waals surface area contributed by atoms with E-state index in [9.17, 15) is 9.90 Å². The number of halogens is 1. The Morgan fingerprint density at radius 3 is 2.69 bits per heavy atom. The lowest BCUT2D eigenvalue weighted by atomic mass is 9.96. The summed E-state index contributed by atoms with van der Waals surface area (Å²) in [6.07, 6.45) is 0.767. The van der Waals surface area contributed by atoms with Gasteiger partial charge in [-0.25, -0.2) is 0 Å². The Bertz CT molecular complexity index is 365. The number of piperazine rings is 1. The van der Waals surface area contributed by atoms with Crippen LogP contribution in [0.2, 0.25) is 0 Å². The maximum Gasteiger partial charge on any atom is 0.155 e. The van der Waals surface area contributed by atoms with Crippen LogP contribution in [-0.4, -0.2) is 31.0 Å². The topological polar surface area (TPSA) is 61.4 Å². The Morgan fingerprint density at radius 2 is 2.06 bits per heavy atom. The Hall–Kier alpha value is -0.940. The standard InChI is InChI=1S/C11H14N2O2.ClH/c14-7-9-3-1-2-4-10(9)11(15)8-12-5-6-13-11;/h1-4,7,12-13,15H,5-6,8H2;1H/t11-;/m1./s1. The van der Waals surface area contributed by atoms with Gasteiger partial charge in [-0.05, 0) is 0 Å². The zero-order valence-electron chi connectivity index (χ0n) is 8.77. The summed E-state index contributed by atoms with van der Waals surface area (Å²) >= 11 is 0. The van der Waals surface area contributed by atoms with Crippen LogP contribution < -0.4 is 10.6 Å². The third-order valence-electron chi connectivity index (χ3n) is 2.63. The molecule has 5 heteroatoms. The summed E-state index contributed by atoms with van der Waals surface area (Å²) in [6.45, 7) is 1.92. The zero-order chi connectivity index (χ0) is 10.7. The normalized spacial score (nSPS) is 24.6. The summed E-state index contributed by atoms with van der Waals surface area (Å²) in [5.74, 6) is 0. The van der Waals surface area contributed by atoms with Crippen molar-refractivity contribution in [2.75, 3.05) is 19.6 Å². The lowest BCUT2D eigenvalue weighted by Crippen LogP contribution is -2.57. The van der Waals surface area contributed by atoms with E-state index >= 15 is 0 Å². The number of aliphatic hydroxyl groups is 1. The molecule has 0 aliphatic carbocycles. The van der Waals surface area contributed by atoms with Gasteiger partial charge in [0.2, 0.25) is 0 Å². The van der Waals surface area contributed by atoms with Crippen molar-refractivity contribution < 1.29 is 9.90 Å². The molecule has 1 heterocycles. The molecule has 1 aliphatic heterocycles. The molecule has 88 valence electrons. The van der Waals surface area contributed by atoms with Crippen molar-refractivity contribution in [3.63, 3.8) is 0 Å². The molecular formula is C11H15ClN2O2. The van der Waals surface area contributed by atoms with Gasteiger partial charge < -0.3 is 10.4 Å². The van der Waals surface area contributed by atoms with E-state index in [1.165, 1.54) is 0 Å². The van der Waals surface area contributed by atoms with E-state index in [2.05, 4.69) is 10.6 Å². The predicted octanol–water partition coefficient (Wildman–Crippen LogP) is 0.259. The summed E-state index contributed by atoms with van der Waals surface area (Å²) in [5.41, 5.74) is 0.0267. The van der Waals surface area contributed by atoms with Crippen LogP contribution in [0, 0.1) is 0 Å². The highest BCUT2D eigenvalue weighted by molar-refractivity contribution is 5.85. The molecule has 1 saturated heterocycles. The smallest absolute Gasteiger partial charge is 0.155 e. The van der Waals surface area contributed by atoms with Crippen molar-refractivity contribution in [3.8, 4) is 0 Å². The Labute approximate surface area is 100 Å². The van der Waals surface area contributed by atoms with Gasteiger partial charge in [0.05, 0.1) is 0 Å². The predicted molar refractivity (Wildman–Crippen MR) is 63.8 cm³/mol. The molecule has 0 radical (unpaired) electrons. The van der Waals surface area contributed by atoms with Gasteiger partial charge in [-0.15, -0.1) is 12.4 Å². The number of aldehydes is 1. The van der Waals surface area contributed by atoms with Gasteiger partial charge >= 0.3 is 0 Å². The fourth-order valence-electron chi connectivity index (χ4n) is 1.86. The monoisotopic (exact) mass is 242 g/mol. The number of hydrogen-bond acceptors (Lipinski definition) is 4. The molecule has 1 atom stereocenters. The highest BCUT2D eigenvalue weighted by atomic mass is 35.5. The van der Waals surface area contributed by atoms with E-state index in [-0.39, 0.29) is 12.4 Å². The van der Waals surface area contributed by atoms with E-state index in [1.54, 1.807) is 18.2 Å². The van der Waals surface area contributed by atoms with Gasteiger partial charge in [0.15, 0.2) is 5.72 Å². The molecule has 0 aromatic heterocycles. The number of carbonyl (C=O) groups is 1. The molecule has 16 heavy (non-hydrogen) atoms. The molecule has 1 aliphatic rings. The van der Waals surface area contributed by atoms with Crippen LogP contribution >= 0.6 is 12.4 Å². The van der Waals surface area contributed by atoms with Crippen molar-refractivity contribution in [1.29, 1.82) is 0 Å². The second kappa shape index (κ2) is 5.41. The van der Waals surface area contributed by atoms with Crippen molar-refractivity contribution >= 4 is 18.7 Å². The maximum absolute atomic E-state index is 10.9. The van der Waals surface area contributed by atoms with Crippen LogP contribution in [0.5, 0.6) is 0 Å². The summed E-state index contributed by atoms with van der Waals surface area (Å²) in [6, 6.07) is 7.07. The molecule has 0 spiro atoms. The SMILES string of the molecule is Cl.O=Cc1ccccc1[C@]1(O)CNCCN1. The lowest BCUT2D eigenvalue weighted by Gasteiger charge is -2.35. The fourth-order valence-corrected chi connectivity index (χ4v) is 1.86. The third-order valence-corrected chi connectivity index (χ3v) is 2.63. The van der Waals surface area contributed by atoms with E-state index in [0.29, 0.717) is 24.2 Å². The Kier molecular flexibility index (Phi) is 4.44. The van der Waals surface area contributed by atoms with Crippen LogP contribution in [0.25, 0.3) is 0 Å². The van der Waals surface area contributed by atoms with Crippen molar-refractivity contribution in [2.24, 2.45) is 0 Å². The molecule has 0 amide bonds. The van der Waals surface area contributed by atoms with Crippen molar-refractivity contribution in [2.45, 2.75) is 5.72 Å². The number of β-amino-alcohol motifs (C(OH)–C–C–N with tert-alkyl or cyclic N) is 1. The highest BCUT2D eigenvalue weighted by Gasteiger charge is 2.32. The minimum atomic E-state index is -1.13.